The Labute approximate surface area is 119 Å². The van der Waals surface area contributed by atoms with Gasteiger partial charge >= 0.3 is 0 Å². The molecule has 1 aromatic rings. The second-order valence-corrected chi connectivity index (χ2v) is 4.25. The van der Waals surface area contributed by atoms with Crippen molar-refractivity contribution in [1.82, 2.24) is 0 Å². The number of nitrogens with one attached hydrogen (secondary N) is 1. The van der Waals surface area contributed by atoms with E-state index in [0.29, 0.717) is 31.4 Å². The number of benzene rings is 1. The summed E-state index contributed by atoms with van der Waals surface area (Å²) in [5.74, 6) is 0.753. The number of methoxy groups -OCH3 is 2. The maximum absolute atomic E-state index is 5.68. The van der Waals surface area contributed by atoms with E-state index in [0.717, 1.165) is 17.0 Å². The highest BCUT2D eigenvalue weighted by molar-refractivity contribution is 7.80. The van der Waals surface area contributed by atoms with Crippen LogP contribution in [-0.2, 0) is 9.47 Å². The lowest BCUT2D eigenvalue weighted by molar-refractivity contribution is 0.0759. The van der Waals surface area contributed by atoms with Crippen LogP contribution in [0.2, 0.25) is 0 Å². The van der Waals surface area contributed by atoms with Crippen LogP contribution >= 0.6 is 12.2 Å². The van der Waals surface area contributed by atoms with Crippen molar-refractivity contribution in [2.24, 2.45) is 5.73 Å². The Kier molecular flexibility index (Phi) is 7.17. The summed E-state index contributed by atoms with van der Waals surface area (Å²) < 4.78 is 15.4. The topological polar surface area (TPSA) is 65.7 Å². The number of anilines is 1. The molecule has 0 aliphatic heterocycles. The molecule has 0 bridgehead atoms. The summed E-state index contributed by atoms with van der Waals surface area (Å²) in [5, 5.41) is 3.23. The molecule has 0 saturated carbocycles. The van der Waals surface area contributed by atoms with Crippen LogP contribution in [0.4, 0.5) is 5.69 Å². The Balaban J connectivity index is 2.52. The monoisotopic (exact) mass is 284 g/mol. The fraction of sp³-hybridized carbons (Fsp3) is 0.462. The maximum Gasteiger partial charge on any atom is 0.120 e. The molecule has 3 N–H and O–H groups in total. The van der Waals surface area contributed by atoms with E-state index in [-0.39, 0.29) is 0 Å². The van der Waals surface area contributed by atoms with E-state index in [1.165, 1.54) is 0 Å². The normalized spacial score (nSPS) is 10.2. The van der Waals surface area contributed by atoms with Crippen LogP contribution in [0.3, 0.4) is 0 Å². The molecule has 19 heavy (non-hydrogen) atoms. The molecule has 0 aliphatic rings. The summed E-state index contributed by atoms with van der Waals surface area (Å²) >= 11 is 5.01. The van der Waals surface area contributed by atoms with Crippen LogP contribution in [0.15, 0.2) is 18.2 Å². The van der Waals surface area contributed by atoms with E-state index in [4.69, 9.17) is 32.2 Å². The van der Waals surface area contributed by atoms with Crippen LogP contribution in [0, 0.1) is 0 Å². The summed E-state index contributed by atoms with van der Waals surface area (Å²) in [6, 6.07) is 5.54. The predicted molar refractivity (Wildman–Crippen MR) is 80.1 cm³/mol. The largest absolute Gasteiger partial charge is 0.497 e. The number of hydrogen-bond donors (Lipinski definition) is 2. The van der Waals surface area contributed by atoms with E-state index < -0.39 is 0 Å². The third kappa shape index (κ3) is 5.42. The highest BCUT2D eigenvalue weighted by Gasteiger charge is 2.06. The average molecular weight is 284 g/mol. The minimum Gasteiger partial charge on any atom is -0.497 e. The van der Waals surface area contributed by atoms with Crippen molar-refractivity contribution >= 4 is 22.9 Å². The first-order chi connectivity index (χ1) is 9.19. The minimum absolute atomic E-state index is 0.352. The summed E-state index contributed by atoms with van der Waals surface area (Å²) in [6.07, 6.45) is 0. The Hall–Kier alpha value is -1.37. The van der Waals surface area contributed by atoms with Crippen molar-refractivity contribution in [1.29, 1.82) is 0 Å². The molecule has 6 heteroatoms. The molecule has 0 fully saturated rings. The number of ether oxygens (including phenoxy) is 3. The van der Waals surface area contributed by atoms with Crippen LogP contribution in [0.25, 0.3) is 0 Å². The average Bonchev–Trinajstić information content (AvgIpc) is 2.42. The third-order valence-electron chi connectivity index (χ3n) is 2.49. The first-order valence-electron chi connectivity index (χ1n) is 5.97. The van der Waals surface area contributed by atoms with Gasteiger partial charge in [0.2, 0.25) is 0 Å². The molecule has 0 spiro atoms. The maximum atomic E-state index is 5.68. The second kappa shape index (κ2) is 8.68. The van der Waals surface area contributed by atoms with Crippen molar-refractivity contribution in [3.05, 3.63) is 23.8 Å². The van der Waals surface area contributed by atoms with Gasteiger partial charge in [-0.2, -0.15) is 0 Å². The fourth-order valence-corrected chi connectivity index (χ4v) is 1.69. The Bertz CT molecular complexity index is 413. The van der Waals surface area contributed by atoms with Crippen LogP contribution < -0.4 is 15.8 Å². The van der Waals surface area contributed by atoms with E-state index in [2.05, 4.69) is 5.32 Å². The van der Waals surface area contributed by atoms with Crippen LogP contribution in [0.5, 0.6) is 5.75 Å². The smallest absolute Gasteiger partial charge is 0.120 e. The summed E-state index contributed by atoms with van der Waals surface area (Å²) in [6.45, 7) is 2.42. The highest BCUT2D eigenvalue weighted by Crippen LogP contribution is 2.22. The Morgan fingerprint density at radius 1 is 1.26 bits per heavy atom. The number of rotatable bonds is 9. The van der Waals surface area contributed by atoms with Gasteiger partial charge in [-0.3, -0.25) is 0 Å². The van der Waals surface area contributed by atoms with Crippen molar-refractivity contribution in [3.8, 4) is 5.75 Å². The lowest BCUT2D eigenvalue weighted by Crippen LogP contribution is -2.16. The van der Waals surface area contributed by atoms with Gasteiger partial charge in [0.25, 0.3) is 0 Å². The SMILES string of the molecule is COCCOCCNc1cc(OC)ccc1C(N)=S. The zero-order valence-electron chi connectivity index (χ0n) is 11.3. The minimum atomic E-state index is 0.352. The molecule has 106 valence electrons. The van der Waals surface area contributed by atoms with Gasteiger partial charge in [-0.05, 0) is 12.1 Å². The molecule has 1 rings (SSSR count). The Morgan fingerprint density at radius 3 is 2.68 bits per heavy atom. The molecule has 0 amide bonds. The zero-order valence-corrected chi connectivity index (χ0v) is 12.1. The molecule has 0 saturated heterocycles. The van der Waals surface area contributed by atoms with Gasteiger partial charge in [0.1, 0.15) is 10.7 Å². The lowest BCUT2D eigenvalue weighted by atomic mass is 10.1. The number of nitrogens with two attached hydrogens (primary N) is 1. The van der Waals surface area contributed by atoms with Crippen molar-refractivity contribution in [2.75, 3.05) is 45.9 Å². The van der Waals surface area contributed by atoms with Gasteiger partial charge in [0.15, 0.2) is 0 Å². The molecule has 0 unspecified atom stereocenters. The molecule has 5 nitrogen and oxygen atoms in total. The van der Waals surface area contributed by atoms with Crippen LogP contribution in [-0.4, -0.2) is 45.6 Å². The highest BCUT2D eigenvalue weighted by atomic mass is 32.1. The first-order valence-corrected chi connectivity index (χ1v) is 6.38. The van der Waals surface area contributed by atoms with E-state index in [1.54, 1.807) is 14.2 Å². The van der Waals surface area contributed by atoms with Crippen molar-refractivity contribution < 1.29 is 14.2 Å². The molecule has 1 aromatic carbocycles. The van der Waals surface area contributed by atoms with Gasteiger partial charge in [-0.25, -0.2) is 0 Å². The van der Waals surface area contributed by atoms with Gasteiger partial charge in [0.05, 0.1) is 26.9 Å². The zero-order chi connectivity index (χ0) is 14.1. The first kappa shape index (κ1) is 15.7. The van der Waals surface area contributed by atoms with Gasteiger partial charge < -0.3 is 25.3 Å². The van der Waals surface area contributed by atoms with E-state index >= 15 is 0 Å². The third-order valence-corrected chi connectivity index (χ3v) is 2.71. The van der Waals surface area contributed by atoms with Gasteiger partial charge in [-0.1, -0.05) is 12.2 Å². The van der Waals surface area contributed by atoms with Crippen molar-refractivity contribution in [3.63, 3.8) is 0 Å². The van der Waals surface area contributed by atoms with Crippen molar-refractivity contribution in [2.45, 2.75) is 0 Å². The number of thiocarbonyl (C=S) groups is 1. The van der Waals surface area contributed by atoms with E-state index in [9.17, 15) is 0 Å². The standard InChI is InChI=1S/C13H20N2O3S/c1-16-7-8-18-6-5-15-12-9-10(17-2)3-4-11(12)13(14)19/h3-4,9,15H,5-8H2,1-2H3,(H2,14,19). The molecule has 0 aromatic heterocycles. The number of hydrogen-bond acceptors (Lipinski definition) is 5. The quantitative estimate of drug-likeness (QED) is 0.528. The fourth-order valence-electron chi connectivity index (χ4n) is 1.51. The molecule has 0 heterocycles. The predicted octanol–water partition coefficient (Wildman–Crippen LogP) is 1.40. The summed E-state index contributed by atoms with van der Waals surface area (Å²) in [5.41, 5.74) is 7.33. The summed E-state index contributed by atoms with van der Waals surface area (Å²) in [7, 11) is 3.26. The lowest BCUT2D eigenvalue weighted by Gasteiger charge is -2.13. The molecule has 0 radical (unpaired) electrons. The molecular weight excluding hydrogens is 264 g/mol. The Morgan fingerprint density at radius 2 is 2.05 bits per heavy atom. The molecule has 0 aliphatic carbocycles. The molecular formula is C13H20N2O3S. The second-order valence-electron chi connectivity index (χ2n) is 3.81. The van der Waals surface area contributed by atoms with Gasteiger partial charge in [-0.15, -0.1) is 0 Å². The molecule has 0 atom stereocenters. The summed E-state index contributed by atoms with van der Waals surface area (Å²) in [4.78, 5) is 0.352. The van der Waals surface area contributed by atoms with E-state index in [1.807, 2.05) is 18.2 Å². The van der Waals surface area contributed by atoms with Gasteiger partial charge in [0, 0.05) is 31.0 Å². The van der Waals surface area contributed by atoms with Crippen LogP contribution in [0.1, 0.15) is 5.56 Å².